The predicted octanol–water partition coefficient (Wildman–Crippen LogP) is 3.16. The van der Waals surface area contributed by atoms with Gasteiger partial charge in [-0.05, 0) is 18.2 Å². The van der Waals surface area contributed by atoms with Crippen molar-refractivity contribution in [3.05, 3.63) is 45.3 Å². The molecule has 0 bridgehead atoms. The molecule has 5 heteroatoms. The minimum absolute atomic E-state index is 0.129. The number of nitrogens with zero attached hydrogens (tertiary/aromatic N) is 1. The first-order chi connectivity index (χ1) is 7.25. The Balaban J connectivity index is 2.13. The Labute approximate surface area is 99.3 Å². The number of hydrogen-bond donors (Lipinski definition) is 1. The maximum absolute atomic E-state index is 11.6. The number of aromatic nitrogens is 1. The summed E-state index contributed by atoms with van der Waals surface area (Å²) in [4.78, 5) is 16.1. The summed E-state index contributed by atoms with van der Waals surface area (Å²) in [6.07, 6.45) is 1.55. The van der Waals surface area contributed by atoms with Crippen LogP contribution in [-0.4, -0.2) is 10.9 Å². The number of halogens is 1. The lowest BCUT2D eigenvalue weighted by atomic mass is 10.3. The van der Waals surface area contributed by atoms with Crippen molar-refractivity contribution in [1.29, 1.82) is 0 Å². The molecule has 0 fully saturated rings. The van der Waals surface area contributed by atoms with E-state index in [-0.39, 0.29) is 5.91 Å². The van der Waals surface area contributed by atoms with Gasteiger partial charge in [-0.25, -0.2) is 0 Å². The van der Waals surface area contributed by atoms with Crippen LogP contribution in [-0.2, 0) is 0 Å². The first-order valence-electron chi connectivity index (χ1n) is 4.21. The van der Waals surface area contributed by atoms with Gasteiger partial charge in [-0.1, -0.05) is 22.0 Å². The van der Waals surface area contributed by atoms with Crippen LogP contribution in [0.1, 0.15) is 9.67 Å². The molecule has 1 aromatic carbocycles. The van der Waals surface area contributed by atoms with E-state index in [0.29, 0.717) is 4.88 Å². The Bertz CT molecular complexity index is 470. The molecule has 0 atom stereocenters. The van der Waals surface area contributed by atoms with Gasteiger partial charge in [0.1, 0.15) is 4.88 Å². The molecule has 1 heterocycles. The van der Waals surface area contributed by atoms with Crippen molar-refractivity contribution in [2.45, 2.75) is 0 Å². The average Bonchev–Trinajstić information content (AvgIpc) is 2.70. The van der Waals surface area contributed by atoms with E-state index in [2.05, 4.69) is 26.2 Å². The van der Waals surface area contributed by atoms with Crippen LogP contribution in [0.4, 0.5) is 5.69 Å². The van der Waals surface area contributed by atoms with E-state index < -0.39 is 0 Å². The van der Waals surface area contributed by atoms with Gasteiger partial charge in [0.25, 0.3) is 5.91 Å². The molecule has 0 unspecified atom stereocenters. The van der Waals surface area contributed by atoms with Crippen LogP contribution in [0.2, 0.25) is 0 Å². The van der Waals surface area contributed by atoms with E-state index in [1.165, 1.54) is 11.3 Å². The molecule has 76 valence electrons. The number of anilines is 1. The van der Waals surface area contributed by atoms with Crippen molar-refractivity contribution in [2.24, 2.45) is 0 Å². The topological polar surface area (TPSA) is 42.0 Å². The number of rotatable bonds is 2. The Morgan fingerprint density at radius 3 is 3.00 bits per heavy atom. The van der Waals surface area contributed by atoms with E-state index in [1.54, 1.807) is 11.7 Å². The van der Waals surface area contributed by atoms with Gasteiger partial charge in [0.2, 0.25) is 0 Å². The second kappa shape index (κ2) is 4.55. The minimum Gasteiger partial charge on any atom is -0.321 e. The Morgan fingerprint density at radius 2 is 2.33 bits per heavy atom. The molecule has 1 amide bonds. The maximum atomic E-state index is 11.6. The van der Waals surface area contributed by atoms with Crippen LogP contribution >= 0.6 is 27.3 Å². The van der Waals surface area contributed by atoms with Crippen LogP contribution in [0.3, 0.4) is 0 Å². The van der Waals surface area contributed by atoms with E-state index in [1.807, 2.05) is 24.3 Å². The van der Waals surface area contributed by atoms with Gasteiger partial charge in [0.05, 0.1) is 11.7 Å². The third-order valence-electron chi connectivity index (χ3n) is 1.74. The number of nitrogens with one attached hydrogen (secondary N) is 1. The van der Waals surface area contributed by atoms with Crippen LogP contribution in [0.25, 0.3) is 0 Å². The molecule has 0 spiro atoms. The third kappa shape index (κ3) is 2.64. The van der Waals surface area contributed by atoms with Crippen molar-refractivity contribution >= 4 is 38.9 Å². The fraction of sp³-hybridized carbons (Fsp3) is 0. The van der Waals surface area contributed by atoms with E-state index in [4.69, 9.17) is 0 Å². The molecule has 0 radical (unpaired) electrons. The monoisotopic (exact) mass is 282 g/mol. The zero-order chi connectivity index (χ0) is 10.7. The fourth-order valence-corrected chi connectivity index (χ4v) is 2.00. The standard InChI is InChI=1S/C10H7BrN2OS/c11-7-2-1-3-8(4-7)13-10(14)9-5-12-6-15-9/h1-6H,(H,13,14). The average molecular weight is 283 g/mol. The lowest BCUT2D eigenvalue weighted by Crippen LogP contribution is -2.09. The molecule has 0 saturated heterocycles. The zero-order valence-corrected chi connectivity index (χ0v) is 10.0. The normalized spacial score (nSPS) is 9.93. The van der Waals surface area contributed by atoms with Gasteiger partial charge in [-0.3, -0.25) is 9.78 Å². The number of thiazole rings is 1. The fourth-order valence-electron chi connectivity index (χ4n) is 1.09. The molecule has 0 aliphatic heterocycles. The molecular weight excluding hydrogens is 276 g/mol. The SMILES string of the molecule is O=C(Nc1cccc(Br)c1)c1cncs1. The number of benzene rings is 1. The summed E-state index contributed by atoms with van der Waals surface area (Å²) >= 11 is 4.66. The maximum Gasteiger partial charge on any atom is 0.267 e. The van der Waals surface area contributed by atoms with Crippen LogP contribution in [0.15, 0.2) is 40.4 Å². The molecule has 3 nitrogen and oxygen atoms in total. The Hall–Kier alpha value is -1.20. The molecular formula is C10H7BrN2OS. The molecule has 1 aromatic heterocycles. The summed E-state index contributed by atoms with van der Waals surface area (Å²) in [6.45, 7) is 0. The lowest BCUT2D eigenvalue weighted by Gasteiger charge is -2.02. The van der Waals surface area contributed by atoms with Gasteiger partial charge >= 0.3 is 0 Å². The summed E-state index contributed by atoms with van der Waals surface area (Å²) < 4.78 is 0.935. The van der Waals surface area contributed by atoms with Crippen molar-refractivity contribution in [3.8, 4) is 0 Å². The van der Waals surface area contributed by atoms with Gasteiger partial charge < -0.3 is 5.32 Å². The highest BCUT2D eigenvalue weighted by atomic mass is 79.9. The summed E-state index contributed by atoms with van der Waals surface area (Å²) in [5, 5.41) is 2.79. The van der Waals surface area contributed by atoms with Crippen LogP contribution in [0, 0.1) is 0 Å². The summed E-state index contributed by atoms with van der Waals surface area (Å²) in [5.74, 6) is -0.129. The zero-order valence-electron chi connectivity index (χ0n) is 7.61. The largest absolute Gasteiger partial charge is 0.321 e. The van der Waals surface area contributed by atoms with E-state index >= 15 is 0 Å². The molecule has 1 N–H and O–H groups in total. The summed E-state index contributed by atoms with van der Waals surface area (Å²) in [7, 11) is 0. The highest BCUT2D eigenvalue weighted by Gasteiger charge is 2.07. The van der Waals surface area contributed by atoms with Crippen LogP contribution < -0.4 is 5.32 Å². The quantitative estimate of drug-likeness (QED) is 0.919. The van der Waals surface area contributed by atoms with Gasteiger partial charge in [0, 0.05) is 10.2 Å². The second-order valence-electron chi connectivity index (χ2n) is 2.83. The summed E-state index contributed by atoms with van der Waals surface area (Å²) in [5.41, 5.74) is 2.40. The molecule has 2 aromatic rings. The van der Waals surface area contributed by atoms with Gasteiger partial charge in [-0.2, -0.15) is 0 Å². The second-order valence-corrected chi connectivity index (χ2v) is 4.63. The lowest BCUT2D eigenvalue weighted by molar-refractivity contribution is 0.103. The molecule has 15 heavy (non-hydrogen) atoms. The smallest absolute Gasteiger partial charge is 0.267 e. The predicted molar refractivity (Wildman–Crippen MR) is 64.2 cm³/mol. The Kier molecular flexibility index (Phi) is 3.13. The molecule has 2 rings (SSSR count). The number of carbonyl (C=O) groups excluding carboxylic acids is 1. The van der Waals surface area contributed by atoms with Crippen LogP contribution in [0.5, 0.6) is 0 Å². The summed E-state index contributed by atoms with van der Waals surface area (Å²) in [6, 6.07) is 7.46. The first-order valence-corrected chi connectivity index (χ1v) is 5.88. The highest BCUT2D eigenvalue weighted by molar-refractivity contribution is 9.10. The Morgan fingerprint density at radius 1 is 1.47 bits per heavy atom. The minimum atomic E-state index is -0.129. The number of amides is 1. The van der Waals surface area contributed by atoms with Gasteiger partial charge in [-0.15, -0.1) is 11.3 Å². The van der Waals surface area contributed by atoms with Crippen molar-refractivity contribution in [2.75, 3.05) is 5.32 Å². The first kappa shape index (κ1) is 10.3. The van der Waals surface area contributed by atoms with Crippen molar-refractivity contribution < 1.29 is 4.79 Å². The molecule has 0 aliphatic rings. The van der Waals surface area contributed by atoms with Crippen molar-refractivity contribution in [1.82, 2.24) is 4.98 Å². The van der Waals surface area contributed by atoms with Gasteiger partial charge in [0.15, 0.2) is 0 Å². The van der Waals surface area contributed by atoms with E-state index in [0.717, 1.165) is 10.2 Å². The third-order valence-corrected chi connectivity index (χ3v) is 3.00. The van der Waals surface area contributed by atoms with E-state index in [9.17, 15) is 4.79 Å². The molecule has 0 saturated carbocycles. The highest BCUT2D eigenvalue weighted by Crippen LogP contribution is 2.17. The van der Waals surface area contributed by atoms with Crippen molar-refractivity contribution in [3.63, 3.8) is 0 Å². The number of carbonyl (C=O) groups is 1. The molecule has 0 aliphatic carbocycles. The number of hydrogen-bond acceptors (Lipinski definition) is 3.